The second-order valence-electron chi connectivity index (χ2n) is 6.25. The summed E-state index contributed by atoms with van der Waals surface area (Å²) in [7, 11) is -3.44. The van der Waals surface area contributed by atoms with E-state index in [4.69, 9.17) is 11.6 Å². The molecule has 3 rings (SSSR count). The molecule has 0 amide bonds. The quantitative estimate of drug-likeness (QED) is 0.745. The van der Waals surface area contributed by atoms with Crippen LogP contribution < -0.4 is 0 Å². The maximum absolute atomic E-state index is 12.6. The van der Waals surface area contributed by atoms with Gasteiger partial charge in [0, 0.05) is 29.6 Å². The number of halogens is 1. The minimum absolute atomic E-state index is 0.101. The molecule has 0 aliphatic carbocycles. The van der Waals surface area contributed by atoms with Crippen molar-refractivity contribution in [3.63, 3.8) is 0 Å². The van der Waals surface area contributed by atoms with E-state index in [9.17, 15) is 13.2 Å². The van der Waals surface area contributed by atoms with Crippen LogP contribution in [0.3, 0.4) is 0 Å². The van der Waals surface area contributed by atoms with Crippen molar-refractivity contribution >= 4 is 27.4 Å². The number of piperidine rings is 1. The van der Waals surface area contributed by atoms with E-state index in [2.05, 4.69) is 0 Å². The first-order valence-electron chi connectivity index (χ1n) is 8.28. The van der Waals surface area contributed by atoms with E-state index in [0.29, 0.717) is 42.1 Å². The van der Waals surface area contributed by atoms with Crippen molar-refractivity contribution in [1.82, 2.24) is 4.31 Å². The molecule has 0 spiro atoms. The van der Waals surface area contributed by atoms with Gasteiger partial charge in [-0.3, -0.25) is 4.79 Å². The van der Waals surface area contributed by atoms with Crippen LogP contribution in [0, 0.1) is 5.92 Å². The Morgan fingerprint density at radius 1 is 1.00 bits per heavy atom. The molecule has 1 fully saturated rings. The summed E-state index contributed by atoms with van der Waals surface area (Å²) in [5.74, 6) is -0.123. The molecule has 2 aromatic rings. The summed E-state index contributed by atoms with van der Waals surface area (Å²) in [5.41, 5.74) is 1.30. The predicted molar refractivity (Wildman–Crippen MR) is 99.1 cm³/mol. The van der Waals surface area contributed by atoms with Gasteiger partial charge in [0.25, 0.3) is 0 Å². The molecule has 0 atom stereocenters. The number of nitrogens with zero attached hydrogens (tertiary/aromatic N) is 1. The summed E-state index contributed by atoms with van der Waals surface area (Å²) in [6.45, 7) is 0.742. The van der Waals surface area contributed by atoms with Crippen LogP contribution in [0.1, 0.15) is 28.8 Å². The molecule has 0 radical (unpaired) electrons. The summed E-state index contributed by atoms with van der Waals surface area (Å²) in [6.07, 6.45) is 1.10. The topological polar surface area (TPSA) is 54.5 Å². The fraction of sp³-hybridized carbons (Fsp3) is 0.316. The molecule has 0 N–H and O–H groups in total. The number of sulfonamides is 1. The zero-order valence-corrected chi connectivity index (χ0v) is 15.3. The van der Waals surface area contributed by atoms with Gasteiger partial charge in [0.2, 0.25) is 10.0 Å². The fourth-order valence-electron chi connectivity index (χ4n) is 3.14. The molecule has 1 heterocycles. The van der Waals surface area contributed by atoms with Gasteiger partial charge in [-0.15, -0.1) is 0 Å². The normalized spacial score (nSPS) is 16.7. The lowest BCUT2D eigenvalue weighted by Crippen LogP contribution is -2.40. The van der Waals surface area contributed by atoms with Crippen molar-refractivity contribution in [2.24, 2.45) is 5.92 Å². The zero-order chi connectivity index (χ0) is 17.9. The molecule has 4 nitrogen and oxygen atoms in total. The monoisotopic (exact) mass is 377 g/mol. The van der Waals surface area contributed by atoms with Crippen LogP contribution in [0.5, 0.6) is 0 Å². The molecule has 6 heteroatoms. The molecule has 0 unspecified atom stereocenters. The van der Waals surface area contributed by atoms with Crippen LogP contribution in [0.15, 0.2) is 54.6 Å². The molecular weight excluding hydrogens is 358 g/mol. The summed E-state index contributed by atoms with van der Waals surface area (Å²) >= 11 is 6.07. The minimum atomic E-state index is -3.44. The molecule has 0 aromatic heterocycles. The van der Waals surface area contributed by atoms with Crippen molar-refractivity contribution in [2.45, 2.75) is 18.6 Å². The Morgan fingerprint density at radius 2 is 1.60 bits per heavy atom. The third-order valence-electron chi connectivity index (χ3n) is 4.57. The van der Waals surface area contributed by atoms with Gasteiger partial charge in [-0.25, -0.2) is 12.7 Å². The van der Waals surface area contributed by atoms with Gasteiger partial charge >= 0.3 is 0 Å². The lowest BCUT2D eigenvalue weighted by Gasteiger charge is -2.30. The third kappa shape index (κ3) is 4.29. The summed E-state index contributed by atoms with van der Waals surface area (Å²) < 4.78 is 26.7. The van der Waals surface area contributed by atoms with E-state index in [1.165, 1.54) is 4.31 Å². The van der Waals surface area contributed by atoms with Crippen LogP contribution in [0.4, 0.5) is 0 Å². The third-order valence-corrected chi connectivity index (χ3v) is 6.77. The van der Waals surface area contributed by atoms with Crippen molar-refractivity contribution < 1.29 is 13.2 Å². The fourth-order valence-corrected chi connectivity index (χ4v) is 5.01. The SMILES string of the molecule is O=C(c1ccccc1)C1CCN(S(=O)(=O)Cc2ccccc2Cl)CC1. The van der Waals surface area contributed by atoms with Crippen molar-refractivity contribution in [2.75, 3.05) is 13.1 Å². The largest absolute Gasteiger partial charge is 0.294 e. The zero-order valence-electron chi connectivity index (χ0n) is 13.8. The average molecular weight is 378 g/mol. The molecular formula is C19H20ClNO3S. The highest BCUT2D eigenvalue weighted by Crippen LogP contribution is 2.26. The molecule has 25 heavy (non-hydrogen) atoms. The van der Waals surface area contributed by atoms with Crippen LogP contribution in [0.2, 0.25) is 5.02 Å². The van der Waals surface area contributed by atoms with Crippen LogP contribution in [-0.2, 0) is 15.8 Å². The van der Waals surface area contributed by atoms with E-state index >= 15 is 0 Å². The van der Waals surface area contributed by atoms with Gasteiger partial charge in [-0.2, -0.15) is 0 Å². The van der Waals surface area contributed by atoms with Gasteiger partial charge in [0.05, 0.1) is 5.75 Å². The lowest BCUT2D eigenvalue weighted by atomic mass is 9.90. The molecule has 2 aromatic carbocycles. The van der Waals surface area contributed by atoms with E-state index in [-0.39, 0.29) is 17.5 Å². The number of carbonyl (C=O) groups is 1. The first kappa shape index (κ1) is 18.1. The summed E-state index contributed by atoms with van der Waals surface area (Å²) in [5, 5.41) is 0.459. The van der Waals surface area contributed by atoms with E-state index in [0.717, 1.165) is 0 Å². The van der Waals surface area contributed by atoms with Crippen LogP contribution in [-0.4, -0.2) is 31.6 Å². The standard InChI is InChI=1S/C19H20ClNO3S/c20-18-9-5-4-8-17(18)14-25(23,24)21-12-10-16(11-13-21)19(22)15-6-2-1-3-7-15/h1-9,16H,10-14H2. The maximum atomic E-state index is 12.6. The van der Waals surface area contributed by atoms with Gasteiger partial charge in [0.1, 0.15) is 0 Å². The van der Waals surface area contributed by atoms with Crippen LogP contribution >= 0.6 is 11.6 Å². The van der Waals surface area contributed by atoms with Gasteiger partial charge in [-0.05, 0) is 24.5 Å². The lowest BCUT2D eigenvalue weighted by molar-refractivity contribution is 0.0875. The number of carbonyl (C=O) groups excluding carboxylic acids is 1. The van der Waals surface area contributed by atoms with Gasteiger partial charge in [0.15, 0.2) is 5.78 Å². The van der Waals surface area contributed by atoms with Gasteiger partial charge < -0.3 is 0 Å². The Balaban J connectivity index is 1.63. The number of benzene rings is 2. The van der Waals surface area contributed by atoms with Crippen molar-refractivity contribution in [3.8, 4) is 0 Å². The smallest absolute Gasteiger partial charge is 0.218 e. The Kier molecular flexibility index (Phi) is 5.57. The Bertz CT molecular complexity index is 844. The van der Waals surface area contributed by atoms with Crippen LogP contribution in [0.25, 0.3) is 0 Å². The highest BCUT2D eigenvalue weighted by Gasteiger charge is 2.31. The van der Waals surface area contributed by atoms with E-state index in [1.54, 1.807) is 24.3 Å². The molecule has 1 aliphatic heterocycles. The minimum Gasteiger partial charge on any atom is -0.294 e. The highest BCUT2D eigenvalue weighted by molar-refractivity contribution is 7.88. The van der Waals surface area contributed by atoms with Crippen molar-refractivity contribution in [1.29, 1.82) is 0 Å². The first-order valence-corrected chi connectivity index (χ1v) is 10.3. The molecule has 1 saturated heterocycles. The van der Waals surface area contributed by atoms with Crippen molar-refractivity contribution in [3.05, 3.63) is 70.7 Å². The van der Waals surface area contributed by atoms with E-state index < -0.39 is 10.0 Å². The second kappa shape index (κ2) is 7.68. The van der Waals surface area contributed by atoms with Gasteiger partial charge in [-0.1, -0.05) is 60.1 Å². The summed E-state index contributed by atoms with van der Waals surface area (Å²) in [4.78, 5) is 12.5. The first-order chi connectivity index (χ1) is 12.0. The number of ketones is 1. The summed E-state index contributed by atoms with van der Waals surface area (Å²) in [6, 6.07) is 16.2. The Labute approximate surface area is 153 Å². The molecule has 0 saturated carbocycles. The highest BCUT2D eigenvalue weighted by atomic mass is 35.5. The number of rotatable bonds is 5. The number of Topliss-reactive ketones (excluding diaryl/α,β-unsaturated/α-hetero) is 1. The number of hydrogen-bond donors (Lipinski definition) is 0. The average Bonchev–Trinajstić information content (AvgIpc) is 2.64. The molecule has 132 valence electrons. The number of hydrogen-bond acceptors (Lipinski definition) is 3. The maximum Gasteiger partial charge on any atom is 0.218 e. The molecule has 1 aliphatic rings. The molecule has 0 bridgehead atoms. The van der Waals surface area contributed by atoms with E-state index in [1.807, 2.05) is 30.3 Å². The second-order valence-corrected chi connectivity index (χ2v) is 8.63. The Hall–Kier alpha value is -1.69. The Morgan fingerprint density at radius 3 is 2.24 bits per heavy atom. The predicted octanol–water partition coefficient (Wildman–Crippen LogP) is 3.76.